The number of nitrogens with two attached hydrogens (primary N) is 2. The molecular weight excluding hydrogens is 1860 g/mol. The molecule has 3 aliphatic heterocycles. The van der Waals surface area contributed by atoms with Crippen molar-refractivity contribution in [1.29, 1.82) is 5.26 Å². The Hall–Kier alpha value is -10.2. The number of esters is 2. The van der Waals surface area contributed by atoms with Gasteiger partial charge in [-0.2, -0.15) is 5.26 Å². The van der Waals surface area contributed by atoms with Crippen LogP contribution in [0.15, 0.2) is 181 Å². The normalized spacial score (nSPS) is 13.0. The van der Waals surface area contributed by atoms with Gasteiger partial charge in [0.25, 0.3) is 40.9 Å². The van der Waals surface area contributed by atoms with E-state index in [0.717, 1.165) is 179 Å². The van der Waals surface area contributed by atoms with Gasteiger partial charge in [0.15, 0.2) is 0 Å². The third-order valence-corrected chi connectivity index (χ3v) is 28.2. The van der Waals surface area contributed by atoms with Crippen molar-refractivity contribution in [1.82, 2.24) is 0 Å². The molecule has 42 heteroatoms. The molecule has 14 rings (SSSR count). The average Bonchev–Trinajstić information content (AvgIpc) is 1.61. The molecule has 0 unspecified atom stereocenters. The number of carbonyl (C=O) groups excluding carboxylic acids is 4. The van der Waals surface area contributed by atoms with Crippen LogP contribution in [0.5, 0.6) is 0 Å². The summed E-state index contributed by atoms with van der Waals surface area (Å²) in [5.74, 6) is -4.50. The van der Waals surface area contributed by atoms with Crippen molar-refractivity contribution in [3.05, 3.63) is 259 Å². The summed E-state index contributed by atoms with van der Waals surface area (Å²) in [4.78, 5) is 55.6. The monoisotopic (exact) mass is 1960 g/mol. The van der Waals surface area contributed by atoms with E-state index in [-0.39, 0.29) is 86.8 Å². The molecule has 0 bridgehead atoms. The minimum atomic E-state index is -4.18. The number of hydrogen-bond acceptors (Lipinski definition) is 27. The number of nitrogens with zero attached hydrogens (tertiary/aromatic N) is 5. The third-order valence-electron chi connectivity index (χ3n) is 19.2. The van der Waals surface area contributed by atoms with Crippen molar-refractivity contribution in [3.8, 4) is 6.07 Å². The maximum absolute atomic E-state index is 13.5. The molecule has 0 radical (unpaired) electrons. The van der Waals surface area contributed by atoms with Crippen LogP contribution in [0.25, 0.3) is 4.72 Å². The number of sulfonamides is 3. The van der Waals surface area contributed by atoms with E-state index in [1.54, 1.807) is 33.7 Å². The van der Waals surface area contributed by atoms with Crippen molar-refractivity contribution >= 4 is 176 Å². The van der Waals surface area contributed by atoms with Gasteiger partial charge in [0.2, 0.25) is 0 Å². The number of carbonyl (C=O) groups is 4. The quantitative estimate of drug-likeness (QED) is 0.0144. The Balaban J connectivity index is 0.000000222. The Labute approximate surface area is 790 Å². The van der Waals surface area contributed by atoms with E-state index < -0.39 is 80.2 Å². The van der Waals surface area contributed by atoms with Gasteiger partial charge in [-0.1, -0.05) is 48.5 Å². The van der Waals surface area contributed by atoms with E-state index in [4.69, 9.17) is 41.6 Å². The number of anilines is 9. The van der Waals surface area contributed by atoms with Gasteiger partial charge in [-0.15, -0.1) is 51.0 Å². The fraction of sp³-hybridized carbons (Fsp3) is 0.276. The number of benzene rings is 7. The van der Waals surface area contributed by atoms with Crippen LogP contribution in [0.1, 0.15) is 95.7 Å². The molecule has 7 heterocycles. The van der Waals surface area contributed by atoms with Crippen LogP contribution in [0.4, 0.5) is 74.4 Å². The van der Waals surface area contributed by atoms with Crippen LogP contribution in [0.2, 0.25) is 0 Å². The van der Waals surface area contributed by atoms with E-state index >= 15 is 0 Å². The summed E-state index contributed by atoms with van der Waals surface area (Å²) in [7, 11) is -8.53. The van der Waals surface area contributed by atoms with Gasteiger partial charge >= 0.3 is 41.5 Å². The standard InChI is InChI=1S/2C24H26FN3O4S2.C13H20N2O.C12H10FNO4S2.C6H4ClFO2S.C6H7NO2S.C2H3N.Na/c2*1-15-13-16(2)22(28-8-10-32-11-9-28)17(3)21(15)26-24(29)23-20(7-12-33-23)27-34(30,31)19-6-4-5-18(25)14-19;1-9-8-10(2)13(11(3)12(9)14)15-4-6-16-7-5-15;1-18-12(15)11-10(5-6-19-11)14-20(16,17)9-4-2-3-8(13)7-9;7-11(9,10)6-3-1-2-5(8)4-6;1-9-6(8)5-4(7)2-3-10-5;1-2-3;/h4-7,12-14H,8-11H2,1-3H3,(H2,26,27,29);4-7,12-14,27H,8-11H2,1-3H3,(H,26,29);8H,4-7,14H2,1-3H3;2-7,14H,1H3;1-4H;2-3H,7H2,1H3;1H3;/q;;;;;;;+1/p-1. The van der Waals surface area contributed by atoms with Crippen molar-refractivity contribution in [2.75, 3.05) is 139 Å². The molecule has 4 aromatic heterocycles. The zero-order valence-corrected chi connectivity index (χ0v) is 81.8. The number of halogens is 5. The molecule has 2 amide bonds. The van der Waals surface area contributed by atoms with E-state index in [1.807, 2.05) is 46.8 Å². The second kappa shape index (κ2) is 48.6. The summed E-state index contributed by atoms with van der Waals surface area (Å²) in [5.41, 5.74) is 27.6. The minimum Gasteiger partial charge on any atom is -0.571 e. The van der Waals surface area contributed by atoms with Gasteiger partial charge in [-0.3, -0.25) is 19.0 Å². The van der Waals surface area contributed by atoms with Gasteiger partial charge < -0.3 is 65.2 Å². The summed E-state index contributed by atoms with van der Waals surface area (Å²) in [5, 5.41) is 19.8. The van der Waals surface area contributed by atoms with Crippen molar-refractivity contribution in [2.45, 2.75) is 88.8 Å². The maximum atomic E-state index is 13.5. The summed E-state index contributed by atoms with van der Waals surface area (Å²) in [6, 6.07) is 32.5. The fourth-order valence-corrected chi connectivity index (χ4v) is 20.7. The number of nitriles is 1. The van der Waals surface area contributed by atoms with Crippen LogP contribution in [-0.4, -0.2) is 151 Å². The Morgan fingerprint density at radius 2 is 0.775 bits per heavy atom. The smallest absolute Gasteiger partial charge is 0.571 e. The molecule has 3 aliphatic rings. The van der Waals surface area contributed by atoms with Crippen LogP contribution < -0.4 is 75.8 Å². The first-order chi connectivity index (χ1) is 60.6. The van der Waals surface area contributed by atoms with E-state index in [2.05, 4.69) is 82.7 Å². The molecule has 8 N–H and O–H groups in total. The van der Waals surface area contributed by atoms with Crippen molar-refractivity contribution < 1.29 is 124 Å². The number of morpholine rings is 3. The molecule has 0 aliphatic carbocycles. The van der Waals surface area contributed by atoms with E-state index in [0.29, 0.717) is 48.4 Å². The second-order valence-electron chi connectivity index (χ2n) is 28.2. The third kappa shape index (κ3) is 29.1. The molecule has 3 fully saturated rings. The zero-order chi connectivity index (χ0) is 94.1. The Morgan fingerprint density at radius 3 is 1.16 bits per heavy atom. The van der Waals surface area contributed by atoms with Gasteiger partial charge in [0.05, 0.1) is 101 Å². The van der Waals surface area contributed by atoms with Gasteiger partial charge in [0, 0.05) is 91.0 Å². The first-order valence-corrected chi connectivity index (χ1v) is 49.0. The fourth-order valence-electron chi connectivity index (χ4n) is 13.5. The van der Waals surface area contributed by atoms with Crippen molar-refractivity contribution in [3.63, 3.8) is 0 Å². The number of nitrogen functional groups attached to an aromatic ring is 2. The number of nitrogens with one attached hydrogen (secondary N) is 4. The number of rotatable bonds is 19. The number of thiophene rings is 4. The molecule has 11 aromatic rings. The number of methoxy groups -OCH3 is 2. The summed E-state index contributed by atoms with van der Waals surface area (Å²) >= 11 is 4.54. The molecular formula is C87H95ClF4N11NaO17S8. The first-order valence-electron chi connectivity index (χ1n) is 38.8. The molecule has 684 valence electrons. The van der Waals surface area contributed by atoms with Crippen LogP contribution in [0.3, 0.4) is 0 Å². The molecule has 0 spiro atoms. The molecule has 28 nitrogen and oxygen atoms in total. The predicted molar refractivity (Wildman–Crippen MR) is 497 cm³/mol. The SMILES string of the molecule is CC#N.COC(=O)c1sccc1N.COC(=O)c1sccc1NS(=O)(=O)c1cccc(F)c1.Cc1cc(C)c(N2CCOCC2)c(C)c1N.Cc1cc(C)c(N2CCOCC2)c(C)c1NC(=O)c1sccc1NS(=O)(=O)c1cccc(F)c1.Cc1cc(C)c(N2CCOCC2)c(C)c1NC(=O)c1sccc1[N-]S(=O)(=O)c1cccc(F)c1.O=S(=O)(Cl)c1cccc(F)c1.[Na+]. The number of ether oxygens (including phenoxy) is 5. The average molecular weight is 1960 g/mol. The topological polar surface area (TPSA) is 399 Å². The zero-order valence-electron chi connectivity index (χ0n) is 72.6. The first kappa shape index (κ1) is 106. The molecule has 7 aromatic carbocycles. The van der Waals surface area contributed by atoms with Crippen LogP contribution in [-0.2, 0) is 62.8 Å². The number of amides is 2. The van der Waals surface area contributed by atoms with Gasteiger partial charge in [-0.25, -0.2) is 60.8 Å². The molecule has 0 atom stereocenters. The second-order valence-corrected chi connectivity index (χ2v) is 39.4. The Kier molecular flexibility index (Phi) is 39.9. The Bertz CT molecular complexity index is 6110. The molecule has 129 heavy (non-hydrogen) atoms. The molecule has 3 saturated heterocycles. The van der Waals surface area contributed by atoms with Gasteiger partial charge in [0.1, 0.15) is 47.9 Å². The van der Waals surface area contributed by atoms with E-state index in [1.165, 1.54) is 128 Å². The predicted octanol–water partition coefficient (Wildman–Crippen LogP) is 14.9. The van der Waals surface area contributed by atoms with Crippen molar-refractivity contribution in [2.24, 2.45) is 0 Å². The molecule has 0 saturated carbocycles. The summed E-state index contributed by atoms with van der Waals surface area (Å²) < 4.78 is 182. The largest absolute Gasteiger partial charge is 1.00 e. The Morgan fingerprint density at radius 1 is 0.450 bits per heavy atom. The minimum absolute atomic E-state index is 0. The van der Waals surface area contributed by atoms with Crippen LogP contribution in [0, 0.1) is 96.9 Å². The summed E-state index contributed by atoms with van der Waals surface area (Å²) in [6.45, 7) is 28.9. The number of hydrogen-bond donors (Lipinski definition) is 6. The van der Waals surface area contributed by atoms with E-state index in [9.17, 15) is 70.4 Å². The number of aryl methyl sites for hydroxylation is 6. The summed E-state index contributed by atoms with van der Waals surface area (Å²) in [6.07, 6.45) is 0. The van der Waals surface area contributed by atoms with Crippen LogP contribution >= 0.6 is 56.0 Å². The van der Waals surface area contributed by atoms with Gasteiger partial charge in [-0.05, 0) is 225 Å². The maximum Gasteiger partial charge on any atom is 1.00 e.